The summed E-state index contributed by atoms with van der Waals surface area (Å²) < 4.78 is 104. The molecule has 6 nitrogen and oxygen atoms in total. The Hall–Kier alpha value is -4.78. The molecular formula is C37H36F6O6. The highest BCUT2D eigenvalue weighted by Crippen LogP contribution is 2.44. The van der Waals surface area contributed by atoms with Crippen molar-refractivity contribution in [1.82, 2.24) is 0 Å². The second-order valence-electron chi connectivity index (χ2n) is 10.2. The first-order valence-electron chi connectivity index (χ1n) is 15.0. The standard InChI is InChI=1S/C37H36F6O6/c1-4-22-31(49-33(45)35(47-3,37(41,42)43)30-25-18-15-19-26-30)27-20-12-10-8-6-5-7-9-11-13-21-28-48-32(44)34(46-2,36(38,39)40)29-23-16-14-17-24-29/h6,8,10,12-19,21,23-26,31H,4,20,22,27-28H2,1-3H3/b8-6+,12-10+,21-13-/t31-,34+,35+/m0/s1. The van der Waals surface area contributed by atoms with E-state index < -0.39 is 53.8 Å². The van der Waals surface area contributed by atoms with E-state index in [1.54, 1.807) is 18.2 Å². The van der Waals surface area contributed by atoms with Gasteiger partial charge in [-0.15, -0.1) is 0 Å². The topological polar surface area (TPSA) is 71.1 Å². The number of allylic oxidation sites excluding steroid dienone is 5. The van der Waals surface area contributed by atoms with Gasteiger partial charge < -0.3 is 18.9 Å². The smallest absolute Gasteiger partial charge is 0.432 e. The maximum absolute atomic E-state index is 14.2. The summed E-state index contributed by atoms with van der Waals surface area (Å²) in [5.41, 5.74) is -7.32. The first-order chi connectivity index (χ1) is 23.3. The van der Waals surface area contributed by atoms with Crippen molar-refractivity contribution in [1.29, 1.82) is 0 Å². The molecular weight excluding hydrogens is 654 g/mol. The molecule has 2 rings (SSSR count). The Bertz CT molecular complexity index is 1560. The number of alkyl halides is 6. The van der Waals surface area contributed by atoms with Gasteiger partial charge in [0, 0.05) is 25.3 Å². The molecule has 0 fully saturated rings. The van der Waals surface area contributed by atoms with Gasteiger partial charge in [-0.05, 0) is 49.3 Å². The summed E-state index contributed by atoms with van der Waals surface area (Å²) in [6.45, 7) is 1.34. The minimum absolute atomic E-state index is 0.282. The maximum atomic E-state index is 14.2. The Balaban J connectivity index is 1.88. The van der Waals surface area contributed by atoms with Crippen molar-refractivity contribution >= 4 is 11.9 Å². The van der Waals surface area contributed by atoms with Gasteiger partial charge in [-0.1, -0.05) is 104 Å². The molecule has 0 aliphatic carbocycles. The summed E-state index contributed by atoms with van der Waals surface area (Å²) in [5.74, 6) is 7.07. The van der Waals surface area contributed by atoms with Crippen LogP contribution in [0.4, 0.5) is 26.3 Å². The van der Waals surface area contributed by atoms with Crippen LogP contribution in [0.5, 0.6) is 0 Å². The molecule has 12 heteroatoms. The Morgan fingerprint density at radius 3 is 1.71 bits per heavy atom. The van der Waals surface area contributed by atoms with Gasteiger partial charge in [0.15, 0.2) is 0 Å². The summed E-state index contributed by atoms with van der Waals surface area (Å²) in [5, 5.41) is 0. The van der Waals surface area contributed by atoms with Gasteiger partial charge in [0.1, 0.15) is 12.7 Å². The van der Waals surface area contributed by atoms with Gasteiger partial charge in [-0.2, -0.15) is 26.3 Å². The molecule has 0 unspecified atom stereocenters. The van der Waals surface area contributed by atoms with Crippen LogP contribution < -0.4 is 0 Å². The van der Waals surface area contributed by atoms with Crippen LogP contribution in [0.1, 0.15) is 43.7 Å². The number of methoxy groups -OCH3 is 2. The lowest BCUT2D eigenvalue weighted by Crippen LogP contribution is -2.52. The number of carbonyl (C=O) groups is 2. The fourth-order valence-corrected chi connectivity index (χ4v) is 4.64. The molecule has 0 amide bonds. The first-order valence-corrected chi connectivity index (χ1v) is 15.0. The third-order valence-corrected chi connectivity index (χ3v) is 7.03. The molecule has 2 aromatic rings. The molecule has 0 bridgehead atoms. The zero-order valence-electron chi connectivity index (χ0n) is 27.1. The van der Waals surface area contributed by atoms with Crippen molar-refractivity contribution < 1.29 is 54.9 Å². The van der Waals surface area contributed by atoms with Crippen LogP contribution in [0.15, 0.2) is 97.1 Å². The lowest BCUT2D eigenvalue weighted by Gasteiger charge is -2.33. The molecule has 0 aromatic heterocycles. The second-order valence-corrected chi connectivity index (χ2v) is 10.2. The predicted octanol–water partition coefficient (Wildman–Crippen LogP) is 7.91. The molecule has 262 valence electrons. The van der Waals surface area contributed by atoms with Crippen LogP contribution in [0.3, 0.4) is 0 Å². The SMILES string of the molecule is CCC[C@@H](CC/C=C/C=C/C#CC#C/C=C\COC(=O)[C@](OC)(c1ccccc1)C(F)(F)F)OC(=O)[C@](OC)(c1ccccc1)C(F)(F)F. The highest BCUT2D eigenvalue weighted by Gasteiger charge is 2.65. The molecule has 49 heavy (non-hydrogen) atoms. The Morgan fingerprint density at radius 1 is 0.714 bits per heavy atom. The van der Waals surface area contributed by atoms with Crippen LogP contribution in [0.25, 0.3) is 0 Å². The Morgan fingerprint density at radius 2 is 1.22 bits per heavy atom. The van der Waals surface area contributed by atoms with Crippen molar-refractivity contribution in [2.24, 2.45) is 0 Å². The third-order valence-electron chi connectivity index (χ3n) is 7.03. The third kappa shape index (κ3) is 10.6. The van der Waals surface area contributed by atoms with Crippen molar-refractivity contribution in [2.45, 2.75) is 62.3 Å². The van der Waals surface area contributed by atoms with Gasteiger partial charge in [-0.25, -0.2) is 9.59 Å². The second kappa shape index (κ2) is 19.3. The highest BCUT2D eigenvalue weighted by atomic mass is 19.4. The molecule has 0 radical (unpaired) electrons. The lowest BCUT2D eigenvalue weighted by molar-refractivity contribution is -0.278. The predicted molar refractivity (Wildman–Crippen MR) is 170 cm³/mol. The van der Waals surface area contributed by atoms with Crippen molar-refractivity contribution in [2.75, 3.05) is 20.8 Å². The zero-order valence-corrected chi connectivity index (χ0v) is 27.1. The zero-order chi connectivity index (χ0) is 36.4. The highest BCUT2D eigenvalue weighted by molar-refractivity contribution is 5.83. The molecule has 2 aromatic carbocycles. The van der Waals surface area contributed by atoms with Crippen molar-refractivity contribution in [3.05, 3.63) is 108 Å². The number of esters is 2. The average Bonchev–Trinajstić information content (AvgIpc) is 3.05. The van der Waals surface area contributed by atoms with E-state index in [4.69, 9.17) is 14.2 Å². The summed E-state index contributed by atoms with van der Waals surface area (Å²) in [4.78, 5) is 25.4. The van der Waals surface area contributed by atoms with Crippen LogP contribution in [0, 0.1) is 23.7 Å². The molecule has 0 saturated heterocycles. The number of carbonyl (C=O) groups excluding carboxylic acids is 2. The molecule has 0 saturated carbocycles. The van der Waals surface area contributed by atoms with Crippen LogP contribution in [0.2, 0.25) is 0 Å². The summed E-state index contributed by atoms with van der Waals surface area (Å²) in [6.07, 6.45) is -0.266. The number of halogens is 6. The van der Waals surface area contributed by atoms with E-state index in [1.807, 2.05) is 6.92 Å². The van der Waals surface area contributed by atoms with Gasteiger partial charge >= 0.3 is 24.3 Å². The minimum Gasteiger partial charge on any atom is -0.460 e. The summed E-state index contributed by atoms with van der Waals surface area (Å²) >= 11 is 0. The minimum atomic E-state index is -5.07. The van der Waals surface area contributed by atoms with E-state index in [1.165, 1.54) is 54.6 Å². The van der Waals surface area contributed by atoms with Crippen LogP contribution >= 0.6 is 0 Å². The Kier molecular flexibility index (Phi) is 15.9. The molecule has 0 aliphatic rings. The first kappa shape index (κ1) is 40.4. The lowest BCUT2D eigenvalue weighted by atomic mass is 9.92. The summed E-state index contributed by atoms with van der Waals surface area (Å²) in [7, 11) is 1.59. The number of benzene rings is 2. The van der Waals surface area contributed by atoms with E-state index in [9.17, 15) is 35.9 Å². The van der Waals surface area contributed by atoms with Crippen LogP contribution in [-0.2, 0) is 39.7 Å². The Labute approximate surface area is 281 Å². The van der Waals surface area contributed by atoms with E-state index in [-0.39, 0.29) is 12.0 Å². The van der Waals surface area contributed by atoms with Gasteiger partial charge in [-0.3, -0.25) is 0 Å². The quantitative estimate of drug-likeness (QED) is 0.0820. The number of rotatable bonds is 15. The van der Waals surface area contributed by atoms with Crippen molar-refractivity contribution in [3.63, 3.8) is 0 Å². The largest absolute Gasteiger partial charge is 0.460 e. The number of hydrogen-bond donors (Lipinski definition) is 0. The van der Waals surface area contributed by atoms with Gasteiger partial charge in [0.05, 0.1) is 0 Å². The van der Waals surface area contributed by atoms with Crippen LogP contribution in [-0.4, -0.2) is 51.2 Å². The molecule has 0 N–H and O–H groups in total. The summed E-state index contributed by atoms with van der Waals surface area (Å²) in [6, 6.07) is 13.1. The average molecular weight is 691 g/mol. The van der Waals surface area contributed by atoms with E-state index in [2.05, 4.69) is 28.4 Å². The van der Waals surface area contributed by atoms with E-state index in [0.717, 1.165) is 38.5 Å². The molecule has 0 aliphatic heterocycles. The van der Waals surface area contributed by atoms with E-state index >= 15 is 0 Å². The maximum Gasteiger partial charge on any atom is 0.432 e. The molecule has 0 spiro atoms. The molecule has 0 heterocycles. The monoisotopic (exact) mass is 690 g/mol. The normalized spacial score (nSPS) is 15.0. The van der Waals surface area contributed by atoms with Gasteiger partial charge in [0.25, 0.3) is 11.2 Å². The van der Waals surface area contributed by atoms with Crippen molar-refractivity contribution in [3.8, 4) is 23.7 Å². The fourth-order valence-electron chi connectivity index (χ4n) is 4.64. The van der Waals surface area contributed by atoms with E-state index in [0.29, 0.717) is 19.3 Å². The molecule has 3 atom stereocenters. The number of hydrogen-bond acceptors (Lipinski definition) is 6. The number of ether oxygens (including phenoxy) is 4. The van der Waals surface area contributed by atoms with Gasteiger partial charge in [0.2, 0.25) is 0 Å². The fraction of sp³-hybridized carbons (Fsp3) is 0.351.